The van der Waals surface area contributed by atoms with Gasteiger partial charge in [0.05, 0.1) is 19.1 Å². The molecule has 120 valence electrons. The zero-order valence-corrected chi connectivity index (χ0v) is 13.3. The van der Waals surface area contributed by atoms with Crippen LogP contribution < -0.4 is 14.8 Å². The quantitative estimate of drug-likeness (QED) is 0.772. The number of hydrogen-bond acceptors (Lipinski definition) is 4. The summed E-state index contributed by atoms with van der Waals surface area (Å²) in [5.41, 5.74) is -3.60. The zero-order valence-electron chi connectivity index (χ0n) is 12.5. The van der Waals surface area contributed by atoms with Gasteiger partial charge in [-0.2, -0.15) is 13.2 Å². The molecule has 1 N–H and O–H groups in total. The number of halogens is 3. The molecule has 3 nitrogen and oxygen atoms in total. The van der Waals surface area contributed by atoms with Crippen molar-refractivity contribution in [2.75, 3.05) is 20.8 Å². The summed E-state index contributed by atoms with van der Waals surface area (Å²) in [5.74, 6) is 0.421. The summed E-state index contributed by atoms with van der Waals surface area (Å²) < 4.78 is 48.2. The standard InChI is InChI=1S/C14H20F3NO2S/c1-5-18-9(2)6-10-7-11(19-3)13(20-4)12(8-10)21-14(15,16)17/h7-9,18H,5-6H2,1-4H3. The summed E-state index contributed by atoms with van der Waals surface area (Å²) in [7, 11) is 2.75. The minimum Gasteiger partial charge on any atom is -0.493 e. The van der Waals surface area contributed by atoms with Crippen LogP contribution in [0.25, 0.3) is 0 Å². The van der Waals surface area contributed by atoms with Crippen molar-refractivity contribution < 1.29 is 22.6 Å². The predicted molar refractivity (Wildman–Crippen MR) is 78.3 cm³/mol. The second-order valence-corrected chi connectivity index (χ2v) is 5.65. The predicted octanol–water partition coefficient (Wildman–Crippen LogP) is 3.86. The number of thioether (sulfide) groups is 1. The van der Waals surface area contributed by atoms with Crippen molar-refractivity contribution in [1.29, 1.82) is 0 Å². The Balaban J connectivity index is 3.13. The van der Waals surface area contributed by atoms with E-state index in [0.29, 0.717) is 12.2 Å². The van der Waals surface area contributed by atoms with E-state index in [4.69, 9.17) is 9.47 Å². The summed E-state index contributed by atoms with van der Waals surface area (Å²) >= 11 is -0.189. The summed E-state index contributed by atoms with van der Waals surface area (Å²) in [5, 5.41) is 3.23. The third-order valence-corrected chi connectivity index (χ3v) is 3.58. The minimum absolute atomic E-state index is 0.0167. The molecule has 1 unspecified atom stereocenters. The molecule has 0 amide bonds. The van der Waals surface area contributed by atoms with Crippen LogP contribution in [-0.4, -0.2) is 32.3 Å². The van der Waals surface area contributed by atoms with Crippen LogP contribution in [0.1, 0.15) is 19.4 Å². The lowest BCUT2D eigenvalue weighted by molar-refractivity contribution is -0.0328. The van der Waals surface area contributed by atoms with Crippen molar-refractivity contribution in [2.24, 2.45) is 0 Å². The molecule has 0 saturated carbocycles. The first kappa shape index (κ1) is 18.0. The molecule has 1 aromatic carbocycles. The molecule has 1 atom stereocenters. The summed E-state index contributed by atoms with van der Waals surface area (Å²) in [6.45, 7) is 4.77. The molecule has 0 bridgehead atoms. The monoisotopic (exact) mass is 323 g/mol. The first-order valence-electron chi connectivity index (χ1n) is 6.54. The van der Waals surface area contributed by atoms with Gasteiger partial charge in [-0.25, -0.2) is 0 Å². The number of likely N-dealkylation sites (N-methyl/N-ethyl adjacent to an activating group) is 1. The van der Waals surface area contributed by atoms with E-state index in [1.165, 1.54) is 20.3 Å². The number of nitrogens with one attached hydrogen (secondary N) is 1. The Bertz CT molecular complexity index is 466. The third-order valence-electron chi connectivity index (χ3n) is 2.82. The Morgan fingerprint density at radius 3 is 2.38 bits per heavy atom. The maximum absolute atomic E-state index is 12.7. The number of ether oxygens (including phenoxy) is 2. The molecule has 7 heteroatoms. The molecule has 0 aliphatic rings. The van der Waals surface area contributed by atoms with Gasteiger partial charge in [-0.1, -0.05) is 6.92 Å². The number of alkyl halides is 3. The van der Waals surface area contributed by atoms with E-state index in [1.807, 2.05) is 13.8 Å². The van der Waals surface area contributed by atoms with E-state index in [0.717, 1.165) is 12.1 Å². The van der Waals surface area contributed by atoms with Crippen LogP contribution in [-0.2, 0) is 6.42 Å². The summed E-state index contributed by atoms with van der Waals surface area (Å²) in [6, 6.07) is 3.39. The highest BCUT2D eigenvalue weighted by Crippen LogP contribution is 2.45. The van der Waals surface area contributed by atoms with Crippen molar-refractivity contribution in [1.82, 2.24) is 5.32 Å². The molecule has 0 spiro atoms. The van der Waals surface area contributed by atoms with E-state index in [1.54, 1.807) is 6.07 Å². The number of rotatable bonds is 7. The topological polar surface area (TPSA) is 30.5 Å². The molecule has 0 saturated heterocycles. The molecular formula is C14H20F3NO2S. The van der Waals surface area contributed by atoms with Crippen LogP contribution in [0.2, 0.25) is 0 Å². The van der Waals surface area contributed by atoms with E-state index in [-0.39, 0.29) is 28.4 Å². The van der Waals surface area contributed by atoms with Crippen LogP contribution in [0.15, 0.2) is 17.0 Å². The van der Waals surface area contributed by atoms with Crippen molar-refractivity contribution in [3.8, 4) is 11.5 Å². The second-order valence-electron chi connectivity index (χ2n) is 4.54. The molecule has 1 aromatic rings. The van der Waals surface area contributed by atoms with Crippen LogP contribution >= 0.6 is 11.8 Å². The van der Waals surface area contributed by atoms with Crippen molar-refractivity contribution in [3.05, 3.63) is 17.7 Å². The van der Waals surface area contributed by atoms with Crippen LogP contribution in [0.4, 0.5) is 13.2 Å². The van der Waals surface area contributed by atoms with Gasteiger partial charge in [0.25, 0.3) is 0 Å². The highest BCUT2D eigenvalue weighted by Gasteiger charge is 2.32. The maximum Gasteiger partial charge on any atom is 0.446 e. The normalized spacial score (nSPS) is 13.1. The third kappa shape index (κ3) is 5.67. The van der Waals surface area contributed by atoms with Gasteiger partial charge in [-0.15, -0.1) is 0 Å². The Hall–Kier alpha value is -1.08. The fourth-order valence-corrected chi connectivity index (χ4v) is 2.81. The zero-order chi connectivity index (χ0) is 16.0. The Kier molecular flexibility index (Phi) is 6.67. The van der Waals surface area contributed by atoms with E-state index in [9.17, 15) is 13.2 Å². The highest BCUT2D eigenvalue weighted by molar-refractivity contribution is 8.00. The molecule has 0 aromatic heterocycles. The average molecular weight is 323 g/mol. The summed E-state index contributed by atoms with van der Waals surface area (Å²) in [6.07, 6.45) is 0.611. The van der Waals surface area contributed by atoms with E-state index < -0.39 is 5.51 Å². The minimum atomic E-state index is -4.37. The first-order chi connectivity index (χ1) is 9.80. The van der Waals surface area contributed by atoms with Gasteiger partial charge < -0.3 is 14.8 Å². The molecule has 0 heterocycles. The molecule has 21 heavy (non-hydrogen) atoms. The van der Waals surface area contributed by atoms with Gasteiger partial charge in [0.1, 0.15) is 0 Å². The van der Waals surface area contributed by atoms with E-state index in [2.05, 4.69) is 5.32 Å². The van der Waals surface area contributed by atoms with Crippen LogP contribution in [0.5, 0.6) is 11.5 Å². The highest BCUT2D eigenvalue weighted by atomic mass is 32.2. The fraction of sp³-hybridized carbons (Fsp3) is 0.571. The van der Waals surface area contributed by atoms with Crippen molar-refractivity contribution in [2.45, 2.75) is 36.7 Å². The number of benzene rings is 1. The number of methoxy groups -OCH3 is 2. The Morgan fingerprint density at radius 1 is 1.24 bits per heavy atom. The van der Waals surface area contributed by atoms with Gasteiger partial charge in [0, 0.05) is 6.04 Å². The lowest BCUT2D eigenvalue weighted by Crippen LogP contribution is -2.27. The largest absolute Gasteiger partial charge is 0.493 e. The molecular weight excluding hydrogens is 303 g/mol. The molecule has 0 fully saturated rings. The van der Waals surface area contributed by atoms with Gasteiger partial charge in [-0.05, 0) is 49.3 Å². The van der Waals surface area contributed by atoms with Crippen molar-refractivity contribution >= 4 is 11.8 Å². The number of hydrogen-bond donors (Lipinski definition) is 1. The first-order valence-corrected chi connectivity index (χ1v) is 7.36. The van der Waals surface area contributed by atoms with Crippen LogP contribution in [0, 0.1) is 0 Å². The Labute approximate surface area is 127 Å². The van der Waals surface area contributed by atoms with E-state index >= 15 is 0 Å². The lowest BCUT2D eigenvalue weighted by atomic mass is 10.1. The molecule has 0 aliphatic carbocycles. The van der Waals surface area contributed by atoms with Crippen molar-refractivity contribution in [3.63, 3.8) is 0 Å². The fourth-order valence-electron chi connectivity index (χ4n) is 2.08. The molecule has 0 aliphatic heterocycles. The summed E-state index contributed by atoms with van der Waals surface area (Å²) in [4.78, 5) is 0.0167. The maximum atomic E-state index is 12.7. The molecule has 1 rings (SSSR count). The Morgan fingerprint density at radius 2 is 1.90 bits per heavy atom. The van der Waals surface area contributed by atoms with Gasteiger partial charge in [0.15, 0.2) is 11.5 Å². The van der Waals surface area contributed by atoms with Crippen LogP contribution in [0.3, 0.4) is 0 Å². The van der Waals surface area contributed by atoms with Gasteiger partial charge >= 0.3 is 5.51 Å². The average Bonchev–Trinajstić information content (AvgIpc) is 2.36. The lowest BCUT2D eigenvalue weighted by Gasteiger charge is -2.18. The SMILES string of the molecule is CCNC(C)Cc1cc(OC)c(OC)c(SC(F)(F)F)c1. The van der Waals surface area contributed by atoms with Gasteiger partial charge in [-0.3, -0.25) is 0 Å². The molecule has 0 radical (unpaired) electrons. The second kappa shape index (κ2) is 7.79. The van der Waals surface area contributed by atoms with Gasteiger partial charge in [0.2, 0.25) is 0 Å². The smallest absolute Gasteiger partial charge is 0.446 e.